The van der Waals surface area contributed by atoms with Gasteiger partial charge in [-0.25, -0.2) is 0 Å². The number of rotatable bonds is 7. The first kappa shape index (κ1) is 14.2. The molecule has 0 amide bonds. The van der Waals surface area contributed by atoms with Crippen molar-refractivity contribution in [1.82, 2.24) is 5.32 Å². The second kappa shape index (κ2) is 7.39. The van der Waals surface area contributed by atoms with Gasteiger partial charge >= 0.3 is 0 Å². The summed E-state index contributed by atoms with van der Waals surface area (Å²) >= 11 is 0. The molecule has 0 saturated carbocycles. The van der Waals surface area contributed by atoms with Gasteiger partial charge < -0.3 is 15.0 Å². The molecule has 1 saturated heterocycles. The highest BCUT2D eigenvalue weighted by Gasteiger charge is 2.24. The van der Waals surface area contributed by atoms with E-state index in [-0.39, 0.29) is 0 Å². The van der Waals surface area contributed by atoms with Crippen molar-refractivity contribution in [3.8, 4) is 5.75 Å². The Morgan fingerprint density at radius 3 is 2.95 bits per heavy atom. The first-order valence-corrected chi connectivity index (χ1v) is 7.52. The number of hydrogen-bond acceptors (Lipinski definition) is 3. The monoisotopic (exact) mass is 262 g/mol. The Morgan fingerprint density at radius 2 is 2.16 bits per heavy atom. The number of benzene rings is 1. The first-order valence-electron chi connectivity index (χ1n) is 7.52. The Balaban J connectivity index is 1.93. The van der Waals surface area contributed by atoms with E-state index in [1.54, 1.807) is 0 Å². The molecule has 1 heterocycles. The predicted octanol–water partition coefficient (Wildman–Crippen LogP) is 2.91. The Morgan fingerprint density at radius 1 is 1.32 bits per heavy atom. The molecular weight excluding hydrogens is 236 g/mol. The van der Waals surface area contributed by atoms with Gasteiger partial charge in [0.25, 0.3) is 0 Å². The van der Waals surface area contributed by atoms with E-state index >= 15 is 0 Å². The van der Waals surface area contributed by atoms with Crippen molar-refractivity contribution in [2.24, 2.45) is 5.92 Å². The van der Waals surface area contributed by atoms with Crippen LogP contribution in [0, 0.1) is 5.92 Å². The smallest absolute Gasteiger partial charge is 0.142 e. The summed E-state index contributed by atoms with van der Waals surface area (Å²) in [7, 11) is 0. The van der Waals surface area contributed by atoms with E-state index in [0.717, 1.165) is 44.5 Å². The maximum absolute atomic E-state index is 5.73. The summed E-state index contributed by atoms with van der Waals surface area (Å²) in [4.78, 5) is 2.46. The van der Waals surface area contributed by atoms with Gasteiger partial charge in [0.1, 0.15) is 5.75 Å². The second-order valence-electron chi connectivity index (χ2n) is 5.21. The highest BCUT2D eigenvalue weighted by Crippen LogP contribution is 2.32. The van der Waals surface area contributed by atoms with Crippen LogP contribution >= 0.6 is 0 Å². The van der Waals surface area contributed by atoms with Crippen LogP contribution in [-0.2, 0) is 0 Å². The molecule has 3 heteroatoms. The van der Waals surface area contributed by atoms with Crippen molar-refractivity contribution in [3.63, 3.8) is 0 Å². The normalized spacial score (nSPS) is 18.8. The molecule has 1 fully saturated rings. The van der Waals surface area contributed by atoms with Gasteiger partial charge in [-0.3, -0.25) is 0 Å². The van der Waals surface area contributed by atoms with E-state index in [1.807, 2.05) is 13.0 Å². The lowest BCUT2D eigenvalue weighted by Crippen LogP contribution is -2.27. The molecule has 2 rings (SSSR count). The van der Waals surface area contributed by atoms with Crippen LogP contribution in [0.15, 0.2) is 24.3 Å². The van der Waals surface area contributed by atoms with Gasteiger partial charge in [-0.2, -0.15) is 0 Å². The summed E-state index contributed by atoms with van der Waals surface area (Å²) in [6, 6.07) is 8.39. The largest absolute Gasteiger partial charge is 0.492 e. The minimum atomic E-state index is 0.729. The third-order valence-electron chi connectivity index (χ3n) is 3.65. The van der Waals surface area contributed by atoms with Crippen LogP contribution < -0.4 is 15.0 Å². The summed E-state index contributed by atoms with van der Waals surface area (Å²) < 4.78 is 5.73. The minimum Gasteiger partial charge on any atom is -0.492 e. The molecule has 3 nitrogen and oxygen atoms in total. The highest BCUT2D eigenvalue weighted by molar-refractivity contribution is 5.59. The van der Waals surface area contributed by atoms with Crippen LogP contribution in [0.5, 0.6) is 5.75 Å². The van der Waals surface area contributed by atoms with Gasteiger partial charge in [-0.15, -0.1) is 0 Å². The van der Waals surface area contributed by atoms with Gasteiger partial charge in [-0.1, -0.05) is 19.1 Å². The summed E-state index contributed by atoms with van der Waals surface area (Å²) in [5.41, 5.74) is 1.25. The molecule has 0 bridgehead atoms. The topological polar surface area (TPSA) is 24.5 Å². The molecule has 0 aliphatic carbocycles. The zero-order valence-electron chi connectivity index (χ0n) is 12.2. The Hall–Kier alpha value is -1.22. The van der Waals surface area contributed by atoms with Crippen molar-refractivity contribution in [2.75, 3.05) is 37.7 Å². The van der Waals surface area contributed by atoms with Crippen molar-refractivity contribution in [2.45, 2.75) is 26.7 Å². The lowest BCUT2D eigenvalue weighted by molar-refractivity contribution is 0.340. The molecule has 106 valence electrons. The van der Waals surface area contributed by atoms with E-state index in [2.05, 4.69) is 35.3 Å². The molecular formula is C16H26N2O. The molecule has 1 atom stereocenters. The Kier molecular flexibility index (Phi) is 5.52. The van der Waals surface area contributed by atoms with Crippen molar-refractivity contribution in [3.05, 3.63) is 24.3 Å². The molecule has 1 aliphatic heterocycles. The zero-order chi connectivity index (χ0) is 13.5. The van der Waals surface area contributed by atoms with Crippen molar-refractivity contribution in [1.29, 1.82) is 0 Å². The summed E-state index contributed by atoms with van der Waals surface area (Å²) in [6.45, 7) is 9.54. The average Bonchev–Trinajstić information content (AvgIpc) is 2.89. The van der Waals surface area contributed by atoms with E-state index in [0.29, 0.717) is 0 Å². The van der Waals surface area contributed by atoms with E-state index < -0.39 is 0 Å². The maximum Gasteiger partial charge on any atom is 0.142 e. The van der Waals surface area contributed by atoms with Crippen LogP contribution in [0.3, 0.4) is 0 Å². The van der Waals surface area contributed by atoms with Crippen LogP contribution in [-0.4, -0.2) is 32.8 Å². The molecule has 19 heavy (non-hydrogen) atoms. The van der Waals surface area contributed by atoms with Gasteiger partial charge in [-0.05, 0) is 50.9 Å². The fraction of sp³-hybridized carbons (Fsp3) is 0.625. The SMILES string of the molecule is CCCNCC1CCN(c2ccccc2OCC)C1. The minimum absolute atomic E-state index is 0.729. The molecule has 1 unspecified atom stereocenters. The molecule has 1 aromatic carbocycles. The fourth-order valence-electron chi connectivity index (χ4n) is 2.70. The maximum atomic E-state index is 5.73. The summed E-state index contributed by atoms with van der Waals surface area (Å²) in [5, 5.41) is 3.53. The average molecular weight is 262 g/mol. The highest BCUT2D eigenvalue weighted by atomic mass is 16.5. The van der Waals surface area contributed by atoms with Crippen LogP contribution in [0.2, 0.25) is 0 Å². The molecule has 1 N–H and O–H groups in total. The number of para-hydroxylation sites is 2. The van der Waals surface area contributed by atoms with Gasteiger partial charge in [0.05, 0.1) is 12.3 Å². The molecule has 1 aliphatic rings. The predicted molar refractivity (Wildman–Crippen MR) is 81.1 cm³/mol. The zero-order valence-corrected chi connectivity index (χ0v) is 12.2. The quantitative estimate of drug-likeness (QED) is 0.765. The number of anilines is 1. The summed E-state index contributed by atoms with van der Waals surface area (Å²) in [5.74, 6) is 1.79. The number of nitrogens with zero attached hydrogens (tertiary/aromatic N) is 1. The van der Waals surface area contributed by atoms with Gasteiger partial charge in [0.2, 0.25) is 0 Å². The number of ether oxygens (including phenoxy) is 1. The fourth-order valence-corrected chi connectivity index (χ4v) is 2.70. The molecule has 0 aromatic heterocycles. The number of nitrogens with one attached hydrogen (secondary N) is 1. The van der Waals surface area contributed by atoms with E-state index in [4.69, 9.17) is 4.74 Å². The molecule has 0 radical (unpaired) electrons. The van der Waals surface area contributed by atoms with Gasteiger partial charge in [0.15, 0.2) is 0 Å². The van der Waals surface area contributed by atoms with E-state index in [1.165, 1.54) is 18.5 Å². The summed E-state index contributed by atoms with van der Waals surface area (Å²) in [6.07, 6.45) is 2.49. The van der Waals surface area contributed by atoms with Crippen LogP contribution in [0.1, 0.15) is 26.7 Å². The third-order valence-corrected chi connectivity index (χ3v) is 3.65. The van der Waals surface area contributed by atoms with Crippen molar-refractivity contribution < 1.29 is 4.74 Å². The Bertz CT molecular complexity index is 381. The standard InChI is InChI=1S/C16H26N2O/c1-3-10-17-12-14-9-11-18(13-14)15-7-5-6-8-16(15)19-4-2/h5-8,14,17H,3-4,9-13H2,1-2H3. The lowest BCUT2D eigenvalue weighted by atomic mass is 10.1. The Labute approximate surface area is 116 Å². The number of hydrogen-bond donors (Lipinski definition) is 1. The van der Waals surface area contributed by atoms with Crippen molar-refractivity contribution >= 4 is 5.69 Å². The first-order chi connectivity index (χ1) is 9.35. The lowest BCUT2D eigenvalue weighted by Gasteiger charge is -2.21. The van der Waals surface area contributed by atoms with Gasteiger partial charge in [0, 0.05) is 13.1 Å². The van der Waals surface area contributed by atoms with Crippen LogP contribution in [0.25, 0.3) is 0 Å². The second-order valence-corrected chi connectivity index (χ2v) is 5.21. The third kappa shape index (κ3) is 3.87. The van der Waals surface area contributed by atoms with Crippen LogP contribution in [0.4, 0.5) is 5.69 Å². The molecule has 1 aromatic rings. The van der Waals surface area contributed by atoms with E-state index in [9.17, 15) is 0 Å². The molecule has 0 spiro atoms.